The van der Waals surface area contributed by atoms with Crippen LogP contribution < -0.4 is 0 Å². The molecule has 3 rings (SSSR count). The Bertz CT molecular complexity index is 814. The highest BCUT2D eigenvalue weighted by Gasteiger charge is 2.17. The summed E-state index contributed by atoms with van der Waals surface area (Å²) in [6, 6.07) is 10.6. The molecule has 5 nitrogen and oxygen atoms in total. The molecule has 134 valence electrons. The number of fused-ring (bicyclic) bond motifs is 1. The van der Waals surface area contributed by atoms with Gasteiger partial charge in [-0.25, -0.2) is 0 Å². The van der Waals surface area contributed by atoms with Crippen molar-refractivity contribution in [1.82, 2.24) is 19.7 Å². The van der Waals surface area contributed by atoms with Crippen molar-refractivity contribution in [1.29, 1.82) is 0 Å². The number of benzene rings is 1. The van der Waals surface area contributed by atoms with Crippen molar-refractivity contribution in [3.63, 3.8) is 0 Å². The van der Waals surface area contributed by atoms with Crippen LogP contribution in [0.4, 0.5) is 0 Å². The third-order valence-electron chi connectivity index (χ3n) is 4.61. The van der Waals surface area contributed by atoms with Gasteiger partial charge in [0, 0.05) is 30.4 Å². The topological polar surface area (TPSA) is 47.1 Å². The van der Waals surface area contributed by atoms with Crippen LogP contribution in [0, 0.1) is 5.92 Å². The van der Waals surface area contributed by atoms with Gasteiger partial charge in [-0.1, -0.05) is 45.9 Å². The number of hydrogen-bond donors (Lipinski definition) is 0. The molecule has 0 amide bonds. The van der Waals surface area contributed by atoms with Crippen LogP contribution in [-0.4, -0.2) is 39.3 Å². The molecular formula is C20H28N4O. The molecular weight excluding hydrogens is 312 g/mol. The molecule has 0 aliphatic heterocycles. The molecule has 0 bridgehead atoms. The monoisotopic (exact) mass is 340 g/mol. The van der Waals surface area contributed by atoms with Crippen molar-refractivity contribution >= 4 is 10.9 Å². The zero-order chi connectivity index (χ0) is 17.8. The molecule has 0 saturated heterocycles. The maximum absolute atomic E-state index is 5.95. The number of nitrogens with zero attached hydrogens (tertiary/aromatic N) is 4. The van der Waals surface area contributed by atoms with Crippen LogP contribution in [0.1, 0.15) is 33.6 Å². The molecule has 0 N–H and O–H groups in total. The molecule has 2 aromatic heterocycles. The molecule has 2 heterocycles. The Kier molecular flexibility index (Phi) is 5.53. The van der Waals surface area contributed by atoms with E-state index in [0.717, 1.165) is 38.3 Å². The summed E-state index contributed by atoms with van der Waals surface area (Å²) in [5.41, 5.74) is 2.23. The molecule has 5 heteroatoms. The minimum absolute atomic E-state index is 0.502. The summed E-state index contributed by atoms with van der Waals surface area (Å²) < 4.78 is 8.26. The van der Waals surface area contributed by atoms with E-state index >= 15 is 0 Å². The third-order valence-corrected chi connectivity index (χ3v) is 4.61. The summed E-state index contributed by atoms with van der Waals surface area (Å²) >= 11 is 0. The van der Waals surface area contributed by atoms with Crippen molar-refractivity contribution in [3.05, 3.63) is 36.2 Å². The second-order valence-electron chi connectivity index (χ2n) is 6.87. The Morgan fingerprint density at radius 2 is 1.88 bits per heavy atom. The molecule has 25 heavy (non-hydrogen) atoms. The maximum Gasteiger partial charge on any atom is 0.264 e. The van der Waals surface area contributed by atoms with Crippen LogP contribution in [0.5, 0.6) is 0 Å². The normalized spacial score (nSPS) is 11.9. The Labute approximate surface area is 149 Å². The van der Waals surface area contributed by atoms with E-state index in [1.165, 1.54) is 10.9 Å². The summed E-state index contributed by atoms with van der Waals surface area (Å²) in [6.07, 6.45) is 0.812. The predicted molar refractivity (Wildman–Crippen MR) is 102 cm³/mol. The van der Waals surface area contributed by atoms with Crippen molar-refractivity contribution in [2.45, 2.75) is 40.7 Å². The fourth-order valence-corrected chi connectivity index (χ4v) is 3.20. The first-order chi connectivity index (χ1) is 12.1. The highest BCUT2D eigenvalue weighted by Crippen LogP contribution is 2.28. The summed E-state index contributed by atoms with van der Waals surface area (Å²) in [4.78, 5) is 2.43. The van der Waals surface area contributed by atoms with E-state index in [1.807, 2.05) is 0 Å². The van der Waals surface area contributed by atoms with E-state index in [9.17, 15) is 0 Å². The average Bonchev–Trinajstić information content (AvgIpc) is 3.19. The lowest BCUT2D eigenvalue weighted by Gasteiger charge is -2.19. The van der Waals surface area contributed by atoms with E-state index in [2.05, 4.69) is 77.7 Å². The van der Waals surface area contributed by atoms with Crippen molar-refractivity contribution < 1.29 is 4.42 Å². The van der Waals surface area contributed by atoms with Gasteiger partial charge in [0.1, 0.15) is 5.69 Å². The van der Waals surface area contributed by atoms with E-state index in [1.54, 1.807) is 0 Å². The van der Waals surface area contributed by atoms with Gasteiger partial charge in [0.25, 0.3) is 5.89 Å². The Hall–Kier alpha value is -2.14. The molecule has 1 aromatic carbocycles. The number of hydrogen-bond acceptors (Lipinski definition) is 4. The van der Waals surface area contributed by atoms with Crippen molar-refractivity contribution in [2.75, 3.05) is 19.6 Å². The van der Waals surface area contributed by atoms with Crippen molar-refractivity contribution in [2.24, 2.45) is 5.92 Å². The van der Waals surface area contributed by atoms with Gasteiger partial charge in [0.2, 0.25) is 5.89 Å². The molecule has 0 aliphatic rings. The standard InChI is InChI=1S/C20H28N4O/c1-5-23(6-2)11-12-24-17-10-8-7-9-16(17)14-18(24)20-22-21-19(25-20)13-15(3)4/h7-10,14-15H,5-6,11-13H2,1-4H3. The lowest BCUT2D eigenvalue weighted by molar-refractivity contribution is 0.292. The predicted octanol–water partition coefficient (Wildman–Crippen LogP) is 4.23. The fraction of sp³-hybridized carbons (Fsp3) is 0.500. The zero-order valence-corrected chi connectivity index (χ0v) is 15.7. The van der Waals surface area contributed by atoms with Crippen LogP contribution in [0.3, 0.4) is 0 Å². The first-order valence-electron chi connectivity index (χ1n) is 9.25. The van der Waals surface area contributed by atoms with Gasteiger partial charge in [0.05, 0.1) is 0 Å². The molecule has 0 fully saturated rings. The minimum atomic E-state index is 0.502. The number of aromatic nitrogens is 3. The number of likely N-dealkylation sites (N-methyl/N-ethyl adjacent to an activating group) is 1. The zero-order valence-electron chi connectivity index (χ0n) is 15.7. The smallest absolute Gasteiger partial charge is 0.264 e. The Morgan fingerprint density at radius 1 is 1.12 bits per heavy atom. The van der Waals surface area contributed by atoms with Gasteiger partial charge in [0.15, 0.2) is 0 Å². The Balaban J connectivity index is 1.96. The lowest BCUT2D eigenvalue weighted by Crippen LogP contribution is -2.27. The largest absolute Gasteiger partial charge is 0.419 e. The van der Waals surface area contributed by atoms with Crippen LogP contribution in [0.15, 0.2) is 34.7 Å². The minimum Gasteiger partial charge on any atom is -0.419 e. The molecule has 0 radical (unpaired) electrons. The molecule has 0 saturated carbocycles. The van der Waals surface area contributed by atoms with Gasteiger partial charge >= 0.3 is 0 Å². The lowest BCUT2D eigenvalue weighted by atomic mass is 10.1. The first-order valence-corrected chi connectivity index (χ1v) is 9.25. The summed E-state index contributed by atoms with van der Waals surface area (Å²) in [5, 5.41) is 9.75. The van der Waals surface area contributed by atoms with Gasteiger partial charge in [-0.15, -0.1) is 10.2 Å². The Morgan fingerprint density at radius 3 is 2.60 bits per heavy atom. The van der Waals surface area contributed by atoms with Crippen LogP contribution in [0.25, 0.3) is 22.5 Å². The summed E-state index contributed by atoms with van der Waals surface area (Å²) in [7, 11) is 0. The quantitative estimate of drug-likeness (QED) is 0.615. The molecule has 0 aliphatic carbocycles. The molecule has 0 spiro atoms. The van der Waals surface area contributed by atoms with E-state index in [-0.39, 0.29) is 0 Å². The second kappa shape index (κ2) is 7.83. The first kappa shape index (κ1) is 17.7. The molecule has 0 atom stereocenters. The maximum atomic E-state index is 5.95. The number of para-hydroxylation sites is 1. The number of rotatable bonds is 8. The van der Waals surface area contributed by atoms with Crippen LogP contribution >= 0.6 is 0 Å². The highest BCUT2D eigenvalue weighted by atomic mass is 16.4. The molecule has 3 aromatic rings. The molecule has 0 unspecified atom stereocenters. The third kappa shape index (κ3) is 3.93. The SMILES string of the molecule is CCN(CC)CCn1c(-c2nnc(CC(C)C)o2)cc2ccccc21. The highest BCUT2D eigenvalue weighted by molar-refractivity contribution is 5.85. The van der Waals surface area contributed by atoms with Gasteiger partial charge in [-0.2, -0.15) is 0 Å². The van der Waals surface area contributed by atoms with E-state index in [4.69, 9.17) is 4.42 Å². The van der Waals surface area contributed by atoms with Crippen LogP contribution in [-0.2, 0) is 13.0 Å². The van der Waals surface area contributed by atoms with Gasteiger partial charge in [-0.05, 0) is 31.1 Å². The average molecular weight is 340 g/mol. The summed E-state index contributed by atoms with van der Waals surface area (Å²) in [5.74, 6) is 1.83. The van der Waals surface area contributed by atoms with E-state index in [0.29, 0.717) is 17.7 Å². The van der Waals surface area contributed by atoms with E-state index < -0.39 is 0 Å². The fourth-order valence-electron chi connectivity index (χ4n) is 3.20. The van der Waals surface area contributed by atoms with Crippen molar-refractivity contribution in [3.8, 4) is 11.6 Å². The van der Waals surface area contributed by atoms with Crippen LogP contribution in [0.2, 0.25) is 0 Å². The summed E-state index contributed by atoms with van der Waals surface area (Å²) in [6.45, 7) is 12.8. The second-order valence-corrected chi connectivity index (χ2v) is 6.87. The van der Waals surface area contributed by atoms with Gasteiger partial charge in [-0.3, -0.25) is 0 Å². The van der Waals surface area contributed by atoms with Gasteiger partial charge < -0.3 is 13.9 Å².